The quantitative estimate of drug-likeness (QED) is 0.800. The van der Waals surface area contributed by atoms with Crippen molar-refractivity contribution < 1.29 is 19.1 Å². The zero-order valence-electron chi connectivity index (χ0n) is 15.5. The maximum Gasteiger partial charge on any atom is 0.244 e. The van der Waals surface area contributed by atoms with Crippen molar-refractivity contribution in [1.29, 1.82) is 0 Å². The van der Waals surface area contributed by atoms with E-state index in [2.05, 4.69) is 5.32 Å². The molecule has 1 atom stereocenters. The van der Waals surface area contributed by atoms with Gasteiger partial charge < -0.3 is 19.7 Å². The second-order valence-electron chi connectivity index (χ2n) is 7.11. The van der Waals surface area contributed by atoms with Crippen LogP contribution >= 0.6 is 11.6 Å². The molecule has 7 heteroatoms. The van der Waals surface area contributed by atoms with Gasteiger partial charge in [-0.2, -0.15) is 0 Å². The molecule has 2 saturated heterocycles. The monoisotopic (exact) mass is 394 g/mol. The number of benzene rings is 1. The molecule has 1 aromatic carbocycles. The van der Waals surface area contributed by atoms with Crippen molar-refractivity contribution in [3.63, 3.8) is 0 Å². The average Bonchev–Trinajstić information content (AvgIpc) is 3.14. The molecule has 1 N–H and O–H groups in total. The Balaban J connectivity index is 1.60. The summed E-state index contributed by atoms with van der Waals surface area (Å²) in [5.41, 5.74) is 0.519. The third kappa shape index (κ3) is 6.11. The van der Waals surface area contributed by atoms with E-state index in [0.717, 1.165) is 45.1 Å². The molecule has 6 nitrogen and oxygen atoms in total. The van der Waals surface area contributed by atoms with Crippen molar-refractivity contribution in [2.24, 2.45) is 0 Å². The van der Waals surface area contributed by atoms with Crippen LogP contribution in [-0.4, -0.2) is 49.1 Å². The largest absolute Gasteiger partial charge is 0.489 e. The number of amides is 2. The maximum atomic E-state index is 12.5. The molecular formula is C20H27ClN2O4. The second-order valence-corrected chi connectivity index (χ2v) is 7.55. The predicted octanol–water partition coefficient (Wildman–Crippen LogP) is 3.63. The van der Waals surface area contributed by atoms with E-state index in [0.29, 0.717) is 36.0 Å². The lowest BCUT2D eigenvalue weighted by atomic mass is 10.1. The molecule has 0 bridgehead atoms. The minimum absolute atomic E-state index is 0.0470. The Labute approximate surface area is 165 Å². The fourth-order valence-electron chi connectivity index (χ4n) is 3.43. The molecule has 2 amide bonds. The van der Waals surface area contributed by atoms with Crippen molar-refractivity contribution in [2.75, 3.05) is 31.6 Å². The summed E-state index contributed by atoms with van der Waals surface area (Å²) in [5.74, 6) is 0.362. The van der Waals surface area contributed by atoms with Crippen LogP contribution in [0, 0.1) is 0 Å². The Kier molecular flexibility index (Phi) is 7.35. The van der Waals surface area contributed by atoms with E-state index < -0.39 is 0 Å². The van der Waals surface area contributed by atoms with Crippen molar-refractivity contribution in [3.8, 4) is 5.75 Å². The van der Waals surface area contributed by atoms with E-state index in [1.165, 1.54) is 0 Å². The van der Waals surface area contributed by atoms with Crippen molar-refractivity contribution in [3.05, 3.63) is 23.2 Å². The van der Waals surface area contributed by atoms with Crippen LogP contribution in [0.5, 0.6) is 5.75 Å². The molecule has 2 heterocycles. The summed E-state index contributed by atoms with van der Waals surface area (Å²) >= 11 is 6.09. The summed E-state index contributed by atoms with van der Waals surface area (Å²) in [6.07, 6.45) is 6.64. The van der Waals surface area contributed by atoms with Gasteiger partial charge in [0.05, 0.1) is 18.3 Å². The number of likely N-dealkylation sites (tertiary alicyclic amines) is 1. The molecule has 148 valence electrons. The van der Waals surface area contributed by atoms with Gasteiger partial charge >= 0.3 is 0 Å². The van der Waals surface area contributed by atoms with Crippen LogP contribution in [0.2, 0.25) is 5.02 Å². The van der Waals surface area contributed by atoms with Gasteiger partial charge in [-0.25, -0.2) is 0 Å². The minimum atomic E-state index is -0.242. The predicted molar refractivity (Wildman–Crippen MR) is 104 cm³/mol. The van der Waals surface area contributed by atoms with Gasteiger partial charge in [-0.05, 0) is 43.9 Å². The van der Waals surface area contributed by atoms with Gasteiger partial charge in [-0.3, -0.25) is 9.59 Å². The normalized spacial score (nSPS) is 20.9. The Morgan fingerprint density at radius 1 is 1.26 bits per heavy atom. The first-order valence-electron chi connectivity index (χ1n) is 9.73. The number of hydrogen-bond acceptors (Lipinski definition) is 4. The lowest BCUT2D eigenvalue weighted by Crippen LogP contribution is -2.39. The van der Waals surface area contributed by atoms with Crippen LogP contribution in [0.4, 0.5) is 5.69 Å². The Bertz CT molecular complexity index is 661. The number of nitrogens with one attached hydrogen (secondary N) is 1. The highest BCUT2D eigenvalue weighted by Gasteiger charge is 2.20. The highest BCUT2D eigenvalue weighted by Crippen LogP contribution is 2.29. The zero-order chi connectivity index (χ0) is 19.1. The number of nitrogens with zero attached hydrogens (tertiary/aromatic N) is 1. The highest BCUT2D eigenvalue weighted by molar-refractivity contribution is 6.31. The number of ether oxygens (including phenoxy) is 2. The fourth-order valence-corrected chi connectivity index (χ4v) is 3.60. The van der Waals surface area contributed by atoms with Gasteiger partial charge in [-0.15, -0.1) is 0 Å². The topological polar surface area (TPSA) is 67.9 Å². The Morgan fingerprint density at radius 3 is 2.93 bits per heavy atom. The fraction of sp³-hybridized carbons (Fsp3) is 0.600. The number of halogens is 1. The minimum Gasteiger partial charge on any atom is -0.489 e. The number of rotatable bonds is 6. The van der Waals surface area contributed by atoms with Crippen molar-refractivity contribution in [1.82, 2.24) is 4.90 Å². The van der Waals surface area contributed by atoms with Gasteiger partial charge in [0.2, 0.25) is 11.8 Å². The van der Waals surface area contributed by atoms with Crippen LogP contribution in [0.15, 0.2) is 18.2 Å². The van der Waals surface area contributed by atoms with E-state index in [4.69, 9.17) is 21.1 Å². The van der Waals surface area contributed by atoms with Gasteiger partial charge in [0.25, 0.3) is 0 Å². The van der Waals surface area contributed by atoms with Gasteiger partial charge in [-0.1, -0.05) is 24.4 Å². The van der Waals surface area contributed by atoms with Crippen LogP contribution in [0.3, 0.4) is 0 Å². The first-order valence-corrected chi connectivity index (χ1v) is 10.1. The van der Waals surface area contributed by atoms with E-state index in [9.17, 15) is 9.59 Å². The molecule has 0 unspecified atom stereocenters. The van der Waals surface area contributed by atoms with E-state index in [1.807, 2.05) is 0 Å². The van der Waals surface area contributed by atoms with Crippen molar-refractivity contribution >= 4 is 29.1 Å². The SMILES string of the molecule is O=C(CN1CCCCCCC1=O)Nc1cc(Cl)ccc1OC[C@@H]1CCCO1. The second kappa shape index (κ2) is 9.95. The molecular weight excluding hydrogens is 368 g/mol. The standard InChI is InChI=1S/C20H27ClN2O4/c21-15-8-9-18(27-14-16-6-5-11-26-16)17(12-15)22-19(24)13-23-10-4-2-1-3-7-20(23)25/h8-9,12,16H,1-7,10-11,13-14H2,(H,22,24)/t16-/m0/s1. The molecule has 2 fully saturated rings. The summed E-state index contributed by atoms with van der Waals surface area (Å²) in [7, 11) is 0. The molecule has 3 rings (SSSR count). The molecule has 1 aromatic rings. The molecule has 0 spiro atoms. The lowest BCUT2D eigenvalue weighted by Gasteiger charge is -2.24. The van der Waals surface area contributed by atoms with E-state index in [-0.39, 0.29) is 24.5 Å². The molecule has 0 aromatic heterocycles. The summed E-state index contributed by atoms with van der Waals surface area (Å²) in [6.45, 7) is 1.89. The number of anilines is 1. The summed E-state index contributed by atoms with van der Waals surface area (Å²) in [5, 5.41) is 3.36. The first kappa shape index (κ1) is 20.0. The molecule has 2 aliphatic rings. The van der Waals surface area contributed by atoms with Crippen LogP contribution in [0.1, 0.15) is 44.9 Å². The van der Waals surface area contributed by atoms with Crippen LogP contribution in [-0.2, 0) is 14.3 Å². The molecule has 2 aliphatic heterocycles. The summed E-state index contributed by atoms with van der Waals surface area (Å²) in [4.78, 5) is 26.4. The lowest BCUT2D eigenvalue weighted by molar-refractivity contribution is -0.135. The van der Waals surface area contributed by atoms with Crippen LogP contribution < -0.4 is 10.1 Å². The number of carbonyl (C=O) groups excluding carboxylic acids is 2. The molecule has 27 heavy (non-hydrogen) atoms. The molecule has 0 saturated carbocycles. The van der Waals surface area contributed by atoms with Crippen molar-refractivity contribution in [2.45, 2.75) is 51.0 Å². The molecule has 0 aliphatic carbocycles. The highest BCUT2D eigenvalue weighted by atomic mass is 35.5. The number of carbonyl (C=O) groups is 2. The zero-order valence-corrected chi connectivity index (χ0v) is 16.3. The average molecular weight is 395 g/mol. The molecule has 0 radical (unpaired) electrons. The van der Waals surface area contributed by atoms with Crippen LogP contribution in [0.25, 0.3) is 0 Å². The maximum absolute atomic E-state index is 12.5. The summed E-state index contributed by atoms with van der Waals surface area (Å²) in [6, 6.07) is 5.14. The van der Waals surface area contributed by atoms with Gasteiger partial charge in [0.15, 0.2) is 0 Å². The third-order valence-electron chi connectivity index (χ3n) is 4.92. The number of hydrogen-bond donors (Lipinski definition) is 1. The Hall–Kier alpha value is -1.79. The summed E-state index contributed by atoms with van der Waals surface area (Å²) < 4.78 is 11.4. The Morgan fingerprint density at radius 2 is 2.11 bits per heavy atom. The van der Waals surface area contributed by atoms with E-state index >= 15 is 0 Å². The smallest absolute Gasteiger partial charge is 0.244 e. The van der Waals surface area contributed by atoms with E-state index in [1.54, 1.807) is 23.1 Å². The van der Waals surface area contributed by atoms with Gasteiger partial charge in [0, 0.05) is 24.6 Å². The van der Waals surface area contributed by atoms with Gasteiger partial charge in [0.1, 0.15) is 12.4 Å². The third-order valence-corrected chi connectivity index (χ3v) is 5.16. The first-order chi connectivity index (χ1) is 13.1.